The molecule has 0 unspecified atom stereocenters. The molecule has 0 bridgehead atoms. The molecule has 33 heavy (non-hydrogen) atoms. The number of hydrogen-bond acceptors (Lipinski definition) is 4. The van der Waals surface area contributed by atoms with Crippen molar-refractivity contribution in [3.8, 4) is 16.9 Å². The summed E-state index contributed by atoms with van der Waals surface area (Å²) >= 11 is 0. The molecule has 0 saturated carbocycles. The van der Waals surface area contributed by atoms with Gasteiger partial charge in [-0.3, -0.25) is 9.79 Å². The lowest BCUT2D eigenvalue weighted by Crippen LogP contribution is -2.36. The fourth-order valence-electron chi connectivity index (χ4n) is 4.01. The van der Waals surface area contributed by atoms with Crippen LogP contribution in [-0.4, -0.2) is 31.3 Å². The highest BCUT2D eigenvalue weighted by Gasteiger charge is 2.20. The standard InChI is InChI=1S/C28H30N2O2.BrH/c1-2-32-26-18-16-25(17-19-26)30(28-11-7-4-8-20-29-28)21-27(31)24-14-12-23(13-15-24)22-9-5-3-6-10-22;/h3,5-6,9-10,12-19H,2,4,7-8,11,20-21H2,1H3;1H. The molecule has 0 spiro atoms. The van der Waals surface area contributed by atoms with E-state index in [-0.39, 0.29) is 29.3 Å². The number of aliphatic imine (C=N–C) groups is 1. The second kappa shape index (κ2) is 12.4. The van der Waals surface area contributed by atoms with Crippen LogP contribution in [0.3, 0.4) is 0 Å². The Bertz CT molecular complexity index is 1050. The molecule has 0 aromatic heterocycles. The smallest absolute Gasteiger partial charge is 0.182 e. The molecule has 3 aromatic rings. The number of Topliss-reactive ketones (excluding diaryl/α,β-unsaturated/α-hetero) is 1. The predicted octanol–water partition coefficient (Wildman–Crippen LogP) is 6.99. The number of benzene rings is 3. The minimum absolute atomic E-state index is 0. The van der Waals surface area contributed by atoms with Crippen LogP contribution in [0, 0.1) is 0 Å². The first-order valence-electron chi connectivity index (χ1n) is 11.5. The van der Waals surface area contributed by atoms with E-state index in [1.807, 2.05) is 73.7 Å². The largest absolute Gasteiger partial charge is 0.494 e. The molecule has 1 aliphatic heterocycles. The number of halogens is 1. The van der Waals surface area contributed by atoms with Crippen LogP contribution in [0.2, 0.25) is 0 Å². The summed E-state index contributed by atoms with van der Waals surface area (Å²) in [6.45, 7) is 3.70. The van der Waals surface area contributed by atoms with Gasteiger partial charge in [0.15, 0.2) is 5.78 Å². The van der Waals surface area contributed by atoms with Crippen molar-refractivity contribution in [1.29, 1.82) is 0 Å². The van der Waals surface area contributed by atoms with E-state index >= 15 is 0 Å². The molecule has 0 aliphatic carbocycles. The second-order valence-electron chi connectivity index (χ2n) is 7.99. The summed E-state index contributed by atoms with van der Waals surface area (Å²) in [5.41, 5.74) is 3.95. The maximum Gasteiger partial charge on any atom is 0.182 e. The summed E-state index contributed by atoms with van der Waals surface area (Å²) in [4.78, 5) is 20.1. The van der Waals surface area contributed by atoms with Gasteiger partial charge >= 0.3 is 0 Å². The van der Waals surface area contributed by atoms with Crippen LogP contribution < -0.4 is 9.64 Å². The van der Waals surface area contributed by atoms with Gasteiger partial charge in [-0.1, -0.05) is 61.0 Å². The number of carbonyl (C=O) groups excluding carboxylic acids is 1. The molecule has 0 radical (unpaired) electrons. The molecular weight excluding hydrogens is 476 g/mol. The van der Waals surface area contributed by atoms with Gasteiger partial charge in [-0.15, -0.1) is 17.0 Å². The molecule has 172 valence electrons. The van der Waals surface area contributed by atoms with E-state index in [1.165, 1.54) is 6.42 Å². The SMILES string of the molecule is Br.CCOc1ccc(N(CC(=O)c2ccc(-c3ccccc3)cc2)C2=NCCCCC2)cc1. The van der Waals surface area contributed by atoms with Crippen LogP contribution >= 0.6 is 17.0 Å². The molecule has 0 amide bonds. The summed E-state index contributed by atoms with van der Waals surface area (Å²) in [6, 6.07) is 26.1. The maximum atomic E-state index is 13.3. The Morgan fingerprint density at radius 3 is 2.27 bits per heavy atom. The molecule has 0 N–H and O–H groups in total. The van der Waals surface area contributed by atoms with E-state index in [4.69, 9.17) is 9.73 Å². The van der Waals surface area contributed by atoms with Crippen molar-refractivity contribution in [3.63, 3.8) is 0 Å². The summed E-state index contributed by atoms with van der Waals surface area (Å²) in [5.74, 6) is 1.92. The summed E-state index contributed by atoms with van der Waals surface area (Å²) < 4.78 is 5.59. The molecule has 0 atom stereocenters. The van der Waals surface area contributed by atoms with Crippen molar-refractivity contribution in [3.05, 3.63) is 84.4 Å². The van der Waals surface area contributed by atoms with Crippen molar-refractivity contribution in [2.45, 2.75) is 32.6 Å². The zero-order valence-electron chi connectivity index (χ0n) is 19.1. The third-order valence-electron chi connectivity index (χ3n) is 5.74. The normalized spacial score (nSPS) is 13.3. The van der Waals surface area contributed by atoms with Gasteiger partial charge in [-0.05, 0) is 55.2 Å². The van der Waals surface area contributed by atoms with Crippen LogP contribution in [0.25, 0.3) is 11.1 Å². The van der Waals surface area contributed by atoms with Crippen LogP contribution in [-0.2, 0) is 0 Å². The lowest BCUT2D eigenvalue weighted by molar-refractivity contribution is 0.100. The van der Waals surface area contributed by atoms with E-state index in [0.29, 0.717) is 6.61 Å². The number of nitrogens with zero attached hydrogens (tertiary/aromatic N) is 2. The van der Waals surface area contributed by atoms with Gasteiger partial charge in [0.1, 0.15) is 11.6 Å². The van der Waals surface area contributed by atoms with Crippen LogP contribution in [0.4, 0.5) is 5.69 Å². The first-order chi connectivity index (χ1) is 15.7. The van der Waals surface area contributed by atoms with Crippen molar-refractivity contribution in [1.82, 2.24) is 0 Å². The highest BCUT2D eigenvalue weighted by atomic mass is 79.9. The minimum Gasteiger partial charge on any atom is -0.494 e. The van der Waals surface area contributed by atoms with E-state index < -0.39 is 0 Å². The maximum absolute atomic E-state index is 13.3. The van der Waals surface area contributed by atoms with E-state index in [1.54, 1.807) is 0 Å². The molecule has 4 nitrogen and oxygen atoms in total. The second-order valence-corrected chi connectivity index (χ2v) is 7.99. The summed E-state index contributed by atoms with van der Waals surface area (Å²) in [5, 5.41) is 0. The van der Waals surface area contributed by atoms with Gasteiger partial charge in [0, 0.05) is 24.2 Å². The quantitative estimate of drug-likeness (QED) is 0.324. The molecular formula is C28H31BrN2O2. The topological polar surface area (TPSA) is 41.9 Å². The van der Waals surface area contributed by atoms with E-state index in [0.717, 1.165) is 59.8 Å². The number of ether oxygens (including phenoxy) is 1. The van der Waals surface area contributed by atoms with Gasteiger partial charge in [0.2, 0.25) is 0 Å². The zero-order chi connectivity index (χ0) is 22.2. The Morgan fingerprint density at radius 2 is 1.58 bits per heavy atom. The first-order valence-corrected chi connectivity index (χ1v) is 11.5. The number of anilines is 1. The molecule has 1 heterocycles. The lowest BCUT2D eigenvalue weighted by atomic mass is 10.0. The Kier molecular flexibility index (Phi) is 9.25. The molecule has 0 fully saturated rings. The average molecular weight is 507 g/mol. The summed E-state index contributed by atoms with van der Waals surface area (Å²) in [6.07, 6.45) is 4.29. The fraction of sp³-hybridized carbons (Fsp3) is 0.286. The Balaban J connectivity index is 0.00000306. The number of rotatable bonds is 7. The van der Waals surface area contributed by atoms with Crippen molar-refractivity contribution in [2.24, 2.45) is 4.99 Å². The Hall–Kier alpha value is -2.92. The zero-order valence-corrected chi connectivity index (χ0v) is 20.8. The van der Waals surface area contributed by atoms with Crippen LogP contribution in [0.1, 0.15) is 43.0 Å². The molecule has 5 heteroatoms. The number of amidine groups is 1. The third-order valence-corrected chi connectivity index (χ3v) is 5.74. The average Bonchev–Trinajstić information content (AvgIpc) is 3.13. The van der Waals surface area contributed by atoms with E-state index in [9.17, 15) is 4.79 Å². The summed E-state index contributed by atoms with van der Waals surface area (Å²) in [7, 11) is 0. The van der Waals surface area contributed by atoms with Crippen molar-refractivity contribution >= 4 is 34.3 Å². The van der Waals surface area contributed by atoms with Crippen LogP contribution in [0.5, 0.6) is 5.75 Å². The number of carbonyl (C=O) groups is 1. The number of hydrogen-bond donors (Lipinski definition) is 0. The predicted molar refractivity (Wildman–Crippen MR) is 142 cm³/mol. The van der Waals surface area contributed by atoms with Gasteiger partial charge in [-0.2, -0.15) is 0 Å². The Labute approximate surface area is 207 Å². The highest BCUT2D eigenvalue weighted by molar-refractivity contribution is 8.93. The van der Waals surface area contributed by atoms with Gasteiger partial charge < -0.3 is 9.64 Å². The fourth-order valence-corrected chi connectivity index (χ4v) is 4.01. The minimum atomic E-state index is 0. The first kappa shape index (κ1) is 24.7. The van der Waals surface area contributed by atoms with Gasteiger partial charge in [0.25, 0.3) is 0 Å². The van der Waals surface area contributed by atoms with Crippen molar-refractivity contribution < 1.29 is 9.53 Å². The molecule has 4 rings (SSSR count). The van der Waals surface area contributed by atoms with Gasteiger partial charge in [0.05, 0.1) is 13.2 Å². The van der Waals surface area contributed by atoms with Gasteiger partial charge in [-0.25, -0.2) is 0 Å². The molecule has 1 aliphatic rings. The highest BCUT2D eigenvalue weighted by Crippen LogP contribution is 2.24. The molecule has 0 saturated heterocycles. The number of ketones is 1. The molecule has 3 aromatic carbocycles. The van der Waals surface area contributed by atoms with Crippen molar-refractivity contribution in [2.75, 3.05) is 24.6 Å². The third kappa shape index (κ3) is 6.55. The lowest BCUT2D eigenvalue weighted by Gasteiger charge is -2.26. The van der Waals surface area contributed by atoms with Crippen LogP contribution in [0.15, 0.2) is 83.9 Å². The van der Waals surface area contributed by atoms with E-state index in [2.05, 4.69) is 17.0 Å². The Morgan fingerprint density at radius 1 is 0.879 bits per heavy atom. The monoisotopic (exact) mass is 506 g/mol.